The maximum Gasteiger partial charge on any atom is 0.229 e. The third kappa shape index (κ3) is 4.35. The highest BCUT2D eigenvalue weighted by Crippen LogP contribution is 2.30. The van der Waals surface area contributed by atoms with Crippen LogP contribution < -0.4 is 10.6 Å². The Labute approximate surface area is 194 Å². The van der Waals surface area contributed by atoms with Crippen LogP contribution in [0.25, 0.3) is 11.0 Å². The van der Waals surface area contributed by atoms with Crippen molar-refractivity contribution < 1.29 is 0 Å². The molecule has 2 aliphatic carbocycles. The predicted octanol–water partition coefficient (Wildman–Crippen LogP) is 5.33. The zero-order valence-corrected chi connectivity index (χ0v) is 18.9. The third-order valence-corrected chi connectivity index (χ3v) is 7.11. The van der Waals surface area contributed by atoms with E-state index in [1.165, 1.54) is 48.8 Å². The lowest BCUT2D eigenvalue weighted by atomic mass is 9.96. The molecule has 2 N–H and O–H groups in total. The monoisotopic (exact) mass is 438 g/mol. The molecule has 0 saturated heterocycles. The van der Waals surface area contributed by atoms with Crippen LogP contribution in [-0.2, 0) is 19.4 Å². The number of fused-ring (bicyclic) bond motifs is 2. The number of nitrogens with one attached hydrogen (secondary N) is 2. The number of aromatic nitrogens is 4. The second-order valence-corrected chi connectivity index (χ2v) is 9.43. The summed E-state index contributed by atoms with van der Waals surface area (Å²) in [5.41, 5.74) is 6.17. The molecule has 1 fully saturated rings. The fourth-order valence-electron chi connectivity index (χ4n) is 5.29. The number of benzene rings is 2. The zero-order chi connectivity index (χ0) is 22.0. The van der Waals surface area contributed by atoms with E-state index in [0.717, 1.165) is 36.1 Å². The molecule has 0 bridgehead atoms. The molecule has 0 unspecified atom stereocenters. The molecule has 0 amide bonds. The van der Waals surface area contributed by atoms with Gasteiger partial charge in [-0.2, -0.15) is 10.1 Å². The van der Waals surface area contributed by atoms with Gasteiger partial charge in [0.2, 0.25) is 5.95 Å². The van der Waals surface area contributed by atoms with E-state index in [1.807, 2.05) is 12.4 Å². The maximum absolute atomic E-state index is 4.80. The molecule has 0 radical (unpaired) electrons. The van der Waals surface area contributed by atoms with Crippen LogP contribution in [0.5, 0.6) is 0 Å². The lowest BCUT2D eigenvalue weighted by Gasteiger charge is -2.22. The highest BCUT2D eigenvalue weighted by atomic mass is 15.3. The highest BCUT2D eigenvalue weighted by Gasteiger charge is 2.20. The van der Waals surface area contributed by atoms with Crippen molar-refractivity contribution >= 4 is 22.7 Å². The molecule has 2 heterocycles. The Balaban J connectivity index is 1.09. The van der Waals surface area contributed by atoms with E-state index in [4.69, 9.17) is 4.98 Å². The lowest BCUT2D eigenvalue weighted by Crippen LogP contribution is -2.28. The molecular formula is C27H30N6. The van der Waals surface area contributed by atoms with E-state index in [1.54, 1.807) is 0 Å². The van der Waals surface area contributed by atoms with Gasteiger partial charge in [-0.05, 0) is 54.5 Å². The van der Waals surface area contributed by atoms with Crippen molar-refractivity contribution in [3.05, 3.63) is 77.6 Å². The lowest BCUT2D eigenvalue weighted by molar-refractivity contribution is 0.336. The summed E-state index contributed by atoms with van der Waals surface area (Å²) in [7, 11) is 0. The summed E-state index contributed by atoms with van der Waals surface area (Å²) in [6.07, 6.45) is 12.2. The second kappa shape index (κ2) is 8.94. The largest absolute Gasteiger partial charge is 0.324 e. The Bertz CT molecular complexity index is 1210. The molecule has 6 nitrogen and oxygen atoms in total. The molecule has 33 heavy (non-hydrogen) atoms. The first kappa shape index (κ1) is 20.4. The van der Waals surface area contributed by atoms with E-state index in [9.17, 15) is 0 Å². The van der Waals surface area contributed by atoms with Crippen molar-refractivity contribution in [2.75, 3.05) is 5.32 Å². The van der Waals surface area contributed by atoms with Gasteiger partial charge in [-0.1, -0.05) is 55.7 Å². The summed E-state index contributed by atoms with van der Waals surface area (Å²) in [5.74, 6) is 0.620. The van der Waals surface area contributed by atoms with E-state index >= 15 is 0 Å². The topological polar surface area (TPSA) is 67.7 Å². The van der Waals surface area contributed by atoms with Crippen LogP contribution in [0.2, 0.25) is 0 Å². The molecule has 2 aromatic heterocycles. The van der Waals surface area contributed by atoms with Gasteiger partial charge in [0.1, 0.15) is 0 Å². The summed E-state index contributed by atoms with van der Waals surface area (Å²) in [5, 5.41) is 12.7. The van der Waals surface area contributed by atoms with Crippen LogP contribution >= 0.6 is 0 Å². The molecule has 6 heteroatoms. The minimum absolute atomic E-state index is 0.457. The smallest absolute Gasteiger partial charge is 0.229 e. The Kier molecular flexibility index (Phi) is 5.52. The molecule has 6 rings (SSSR count). The van der Waals surface area contributed by atoms with Crippen LogP contribution in [-0.4, -0.2) is 25.8 Å². The minimum atomic E-state index is 0.457. The molecule has 2 aromatic carbocycles. The first-order valence-electron chi connectivity index (χ1n) is 12.2. The zero-order valence-electron chi connectivity index (χ0n) is 18.9. The fourth-order valence-corrected chi connectivity index (χ4v) is 5.29. The number of nitrogens with zero attached hydrogens (tertiary/aromatic N) is 4. The van der Waals surface area contributed by atoms with Gasteiger partial charge < -0.3 is 10.6 Å². The van der Waals surface area contributed by atoms with Crippen molar-refractivity contribution in [1.29, 1.82) is 0 Å². The van der Waals surface area contributed by atoms with Crippen LogP contribution in [0.1, 0.15) is 54.8 Å². The molecular weight excluding hydrogens is 408 g/mol. The van der Waals surface area contributed by atoms with Gasteiger partial charge in [0, 0.05) is 24.5 Å². The van der Waals surface area contributed by atoms with Crippen LogP contribution in [0.4, 0.5) is 11.6 Å². The van der Waals surface area contributed by atoms with E-state index in [0.29, 0.717) is 18.0 Å². The predicted molar refractivity (Wildman–Crippen MR) is 132 cm³/mol. The Morgan fingerprint density at radius 1 is 0.879 bits per heavy atom. The van der Waals surface area contributed by atoms with E-state index in [-0.39, 0.29) is 0 Å². The SMILES string of the molecule is c1ccc2c(c1)CC(NCc1ccc(Nc3ncc4cnn(C5CCCCC5)c4n3)cc1)C2. The summed E-state index contributed by atoms with van der Waals surface area (Å²) >= 11 is 0. The Hall–Kier alpha value is -3.25. The molecule has 0 atom stereocenters. The Morgan fingerprint density at radius 3 is 2.39 bits per heavy atom. The van der Waals surface area contributed by atoms with Gasteiger partial charge in [-0.3, -0.25) is 0 Å². The first-order chi connectivity index (χ1) is 16.3. The molecule has 168 valence electrons. The van der Waals surface area contributed by atoms with Crippen molar-refractivity contribution in [3.8, 4) is 0 Å². The third-order valence-electron chi connectivity index (χ3n) is 7.11. The molecule has 0 spiro atoms. The standard InChI is InChI=1S/C27H30N6/c1-2-8-25(9-3-1)33-26-22(18-30-33)17-29-27(32-26)31-23-12-10-19(11-13-23)16-28-24-14-20-6-4-5-7-21(20)15-24/h4-7,10-13,17-18,24-25,28H,1-3,8-9,14-16H2,(H,29,31,32). The van der Waals surface area contributed by atoms with Crippen molar-refractivity contribution in [2.45, 2.75) is 63.6 Å². The molecule has 4 aromatic rings. The first-order valence-corrected chi connectivity index (χ1v) is 12.2. The minimum Gasteiger partial charge on any atom is -0.324 e. The van der Waals surface area contributed by atoms with Gasteiger partial charge in [-0.25, -0.2) is 9.67 Å². The van der Waals surface area contributed by atoms with Crippen molar-refractivity contribution in [2.24, 2.45) is 0 Å². The van der Waals surface area contributed by atoms with Gasteiger partial charge >= 0.3 is 0 Å². The van der Waals surface area contributed by atoms with Crippen molar-refractivity contribution in [3.63, 3.8) is 0 Å². The van der Waals surface area contributed by atoms with Crippen LogP contribution in [0, 0.1) is 0 Å². The number of hydrogen-bond acceptors (Lipinski definition) is 5. The number of hydrogen-bond donors (Lipinski definition) is 2. The summed E-state index contributed by atoms with van der Waals surface area (Å²) in [6, 6.07) is 18.3. The van der Waals surface area contributed by atoms with E-state index in [2.05, 4.69) is 73.9 Å². The normalized spacial score (nSPS) is 16.8. The van der Waals surface area contributed by atoms with E-state index < -0.39 is 0 Å². The van der Waals surface area contributed by atoms with Gasteiger partial charge in [0.25, 0.3) is 0 Å². The molecule has 0 aliphatic heterocycles. The van der Waals surface area contributed by atoms with Gasteiger partial charge in [0.05, 0.1) is 17.6 Å². The quantitative estimate of drug-likeness (QED) is 0.426. The maximum atomic E-state index is 4.80. The average Bonchev–Trinajstić information content (AvgIpc) is 3.48. The average molecular weight is 439 g/mol. The molecule has 1 saturated carbocycles. The fraction of sp³-hybridized carbons (Fsp3) is 0.370. The molecule has 2 aliphatic rings. The van der Waals surface area contributed by atoms with Crippen LogP contribution in [0.3, 0.4) is 0 Å². The summed E-state index contributed by atoms with van der Waals surface area (Å²) in [4.78, 5) is 9.31. The number of anilines is 2. The highest BCUT2D eigenvalue weighted by molar-refractivity contribution is 5.75. The second-order valence-electron chi connectivity index (χ2n) is 9.43. The summed E-state index contributed by atoms with van der Waals surface area (Å²) in [6.45, 7) is 0.877. The Morgan fingerprint density at radius 2 is 1.64 bits per heavy atom. The van der Waals surface area contributed by atoms with Crippen LogP contribution in [0.15, 0.2) is 60.9 Å². The van der Waals surface area contributed by atoms with Crippen molar-refractivity contribution in [1.82, 2.24) is 25.1 Å². The summed E-state index contributed by atoms with van der Waals surface area (Å²) < 4.78 is 2.11. The van der Waals surface area contributed by atoms with Gasteiger partial charge in [0.15, 0.2) is 5.65 Å². The van der Waals surface area contributed by atoms with Gasteiger partial charge in [-0.15, -0.1) is 0 Å². The number of rotatable bonds is 6.